The van der Waals surface area contributed by atoms with E-state index in [-0.39, 0.29) is 5.41 Å². The molecule has 0 bridgehead atoms. The molecule has 0 amide bonds. The van der Waals surface area contributed by atoms with Crippen LogP contribution < -0.4 is 0 Å². The van der Waals surface area contributed by atoms with Crippen LogP contribution in [0.15, 0.2) is 0 Å². The van der Waals surface area contributed by atoms with E-state index in [9.17, 15) is 0 Å². The molecule has 2 rings (SSSR count). The van der Waals surface area contributed by atoms with Gasteiger partial charge in [-0.05, 0) is 12.3 Å². The summed E-state index contributed by atoms with van der Waals surface area (Å²) in [6.45, 7) is 9.81. The second kappa shape index (κ2) is 3.07. The Bertz CT molecular complexity index is 333. The summed E-state index contributed by atoms with van der Waals surface area (Å²) in [5.41, 5.74) is 0.0770. The molecule has 0 aromatic carbocycles. The average molecular weight is 193 g/mol. The van der Waals surface area contributed by atoms with Crippen LogP contribution in [0, 0.1) is 5.92 Å². The van der Waals surface area contributed by atoms with Crippen molar-refractivity contribution >= 4 is 0 Å². The molecule has 1 aliphatic rings. The standard InChI is InChI=1S/C11H19N3/c1-8-5-6-9-12-10(11(2,3)4)13-14(9)7-8/h8H,5-7H2,1-4H3. The average Bonchev–Trinajstić information content (AvgIpc) is 2.45. The zero-order valence-corrected chi connectivity index (χ0v) is 9.54. The second-order valence-electron chi connectivity index (χ2n) is 5.43. The largest absolute Gasteiger partial charge is 0.250 e. The van der Waals surface area contributed by atoms with Gasteiger partial charge in [-0.1, -0.05) is 27.7 Å². The van der Waals surface area contributed by atoms with Gasteiger partial charge >= 0.3 is 0 Å². The number of aryl methyl sites for hydroxylation is 1. The van der Waals surface area contributed by atoms with Crippen LogP contribution in [0.25, 0.3) is 0 Å². The Kier molecular flexibility index (Phi) is 2.13. The summed E-state index contributed by atoms with van der Waals surface area (Å²) in [6, 6.07) is 0. The number of nitrogens with zero attached hydrogens (tertiary/aromatic N) is 3. The van der Waals surface area contributed by atoms with Crippen LogP contribution in [0.2, 0.25) is 0 Å². The molecule has 0 spiro atoms. The van der Waals surface area contributed by atoms with E-state index in [0.717, 1.165) is 24.7 Å². The fourth-order valence-corrected chi connectivity index (χ4v) is 1.79. The molecule has 78 valence electrons. The van der Waals surface area contributed by atoms with Gasteiger partial charge in [0.15, 0.2) is 5.82 Å². The minimum absolute atomic E-state index is 0.0770. The van der Waals surface area contributed by atoms with Crippen LogP contribution >= 0.6 is 0 Å². The van der Waals surface area contributed by atoms with E-state index in [1.807, 2.05) is 0 Å². The normalized spacial score (nSPS) is 22.1. The third kappa shape index (κ3) is 1.68. The Morgan fingerprint density at radius 2 is 2.07 bits per heavy atom. The molecule has 3 nitrogen and oxygen atoms in total. The molecule has 1 aliphatic heterocycles. The Labute approximate surface area is 85.5 Å². The lowest BCUT2D eigenvalue weighted by Gasteiger charge is -2.17. The van der Waals surface area contributed by atoms with Gasteiger partial charge in [0.1, 0.15) is 5.82 Å². The van der Waals surface area contributed by atoms with E-state index in [0.29, 0.717) is 0 Å². The minimum atomic E-state index is 0.0770. The van der Waals surface area contributed by atoms with E-state index < -0.39 is 0 Å². The van der Waals surface area contributed by atoms with E-state index in [1.54, 1.807) is 0 Å². The molecule has 1 atom stereocenters. The molecule has 0 N–H and O–H groups in total. The predicted octanol–water partition coefficient (Wildman–Crippen LogP) is 2.16. The van der Waals surface area contributed by atoms with Crippen LogP contribution in [-0.2, 0) is 18.4 Å². The number of hydrogen-bond donors (Lipinski definition) is 0. The molecule has 14 heavy (non-hydrogen) atoms. The van der Waals surface area contributed by atoms with Crippen molar-refractivity contribution in [3.05, 3.63) is 11.6 Å². The van der Waals surface area contributed by atoms with Crippen molar-refractivity contribution in [2.45, 2.75) is 52.5 Å². The third-order valence-corrected chi connectivity index (χ3v) is 2.76. The number of aromatic nitrogens is 3. The first-order valence-corrected chi connectivity index (χ1v) is 5.41. The zero-order valence-electron chi connectivity index (χ0n) is 9.54. The highest BCUT2D eigenvalue weighted by Crippen LogP contribution is 2.23. The Morgan fingerprint density at radius 1 is 1.36 bits per heavy atom. The van der Waals surface area contributed by atoms with E-state index in [4.69, 9.17) is 0 Å². The van der Waals surface area contributed by atoms with E-state index >= 15 is 0 Å². The fraction of sp³-hybridized carbons (Fsp3) is 0.818. The monoisotopic (exact) mass is 193 g/mol. The summed E-state index contributed by atoms with van der Waals surface area (Å²) in [5.74, 6) is 2.91. The van der Waals surface area contributed by atoms with Crippen molar-refractivity contribution in [2.75, 3.05) is 0 Å². The SMILES string of the molecule is CC1CCc2nc(C(C)(C)C)nn2C1. The smallest absolute Gasteiger partial charge is 0.156 e. The maximum Gasteiger partial charge on any atom is 0.156 e. The molecule has 1 unspecified atom stereocenters. The maximum absolute atomic E-state index is 4.61. The van der Waals surface area contributed by atoms with Crippen molar-refractivity contribution < 1.29 is 0 Å². The predicted molar refractivity (Wildman–Crippen MR) is 56.2 cm³/mol. The molecular formula is C11H19N3. The molecular weight excluding hydrogens is 174 g/mol. The molecule has 1 aromatic heterocycles. The van der Waals surface area contributed by atoms with Gasteiger partial charge in [-0.15, -0.1) is 0 Å². The first kappa shape index (κ1) is 9.69. The molecule has 0 saturated heterocycles. The highest BCUT2D eigenvalue weighted by molar-refractivity contribution is 5.04. The van der Waals surface area contributed by atoms with Crippen molar-refractivity contribution in [1.82, 2.24) is 14.8 Å². The van der Waals surface area contributed by atoms with Crippen molar-refractivity contribution in [3.8, 4) is 0 Å². The summed E-state index contributed by atoms with van der Waals surface area (Å²) >= 11 is 0. The highest BCUT2D eigenvalue weighted by atomic mass is 15.4. The molecule has 3 heteroatoms. The summed E-state index contributed by atoms with van der Waals surface area (Å²) in [5, 5.41) is 4.58. The highest BCUT2D eigenvalue weighted by Gasteiger charge is 2.24. The topological polar surface area (TPSA) is 30.7 Å². The number of hydrogen-bond acceptors (Lipinski definition) is 2. The number of rotatable bonds is 0. The molecule has 1 aromatic rings. The Morgan fingerprint density at radius 3 is 2.71 bits per heavy atom. The Balaban J connectivity index is 2.32. The van der Waals surface area contributed by atoms with Crippen LogP contribution in [-0.4, -0.2) is 14.8 Å². The van der Waals surface area contributed by atoms with Gasteiger partial charge in [0.2, 0.25) is 0 Å². The zero-order chi connectivity index (χ0) is 10.3. The minimum Gasteiger partial charge on any atom is -0.250 e. The lowest BCUT2D eigenvalue weighted by molar-refractivity contribution is 0.365. The Hall–Kier alpha value is -0.860. The van der Waals surface area contributed by atoms with Crippen LogP contribution in [0.3, 0.4) is 0 Å². The quantitative estimate of drug-likeness (QED) is 0.632. The number of fused-ring (bicyclic) bond motifs is 1. The van der Waals surface area contributed by atoms with Crippen LogP contribution in [0.1, 0.15) is 45.8 Å². The van der Waals surface area contributed by atoms with E-state index in [2.05, 4.69) is 42.5 Å². The molecule has 0 fully saturated rings. The first-order valence-electron chi connectivity index (χ1n) is 5.41. The molecule has 0 radical (unpaired) electrons. The van der Waals surface area contributed by atoms with Gasteiger partial charge in [-0.2, -0.15) is 5.10 Å². The summed E-state index contributed by atoms with van der Waals surface area (Å²) in [7, 11) is 0. The third-order valence-electron chi connectivity index (χ3n) is 2.76. The first-order chi connectivity index (χ1) is 6.47. The van der Waals surface area contributed by atoms with E-state index in [1.165, 1.54) is 12.2 Å². The fourth-order valence-electron chi connectivity index (χ4n) is 1.79. The lowest BCUT2D eigenvalue weighted by Crippen LogP contribution is -2.19. The second-order valence-corrected chi connectivity index (χ2v) is 5.43. The van der Waals surface area contributed by atoms with Gasteiger partial charge in [0.25, 0.3) is 0 Å². The summed E-state index contributed by atoms with van der Waals surface area (Å²) < 4.78 is 2.09. The molecule has 0 saturated carbocycles. The van der Waals surface area contributed by atoms with Gasteiger partial charge in [0, 0.05) is 18.4 Å². The summed E-state index contributed by atoms with van der Waals surface area (Å²) in [4.78, 5) is 4.61. The summed E-state index contributed by atoms with van der Waals surface area (Å²) in [6.07, 6.45) is 2.34. The van der Waals surface area contributed by atoms with Gasteiger partial charge in [0.05, 0.1) is 0 Å². The van der Waals surface area contributed by atoms with Crippen molar-refractivity contribution in [3.63, 3.8) is 0 Å². The molecule has 2 heterocycles. The maximum atomic E-state index is 4.61. The van der Waals surface area contributed by atoms with Gasteiger partial charge in [-0.25, -0.2) is 9.67 Å². The van der Waals surface area contributed by atoms with Gasteiger partial charge in [-0.3, -0.25) is 0 Å². The van der Waals surface area contributed by atoms with Gasteiger partial charge < -0.3 is 0 Å². The molecule has 0 aliphatic carbocycles. The van der Waals surface area contributed by atoms with Crippen LogP contribution in [0.4, 0.5) is 0 Å². The van der Waals surface area contributed by atoms with Crippen molar-refractivity contribution in [1.29, 1.82) is 0 Å². The van der Waals surface area contributed by atoms with Crippen LogP contribution in [0.5, 0.6) is 0 Å². The van der Waals surface area contributed by atoms with Crippen molar-refractivity contribution in [2.24, 2.45) is 5.92 Å². The lowest BCUT2D eigenvalue weighted by atomic mass is 9.96.